The summed E-state index contributed by atoms with van der Waals surface area (Å²) in [6, 6.07) is 15.3. The van der Waals surface area contributed by atoms with E-state index in [2.05, 4.69) is 22.0 Å². The average Bonchev–Trinajstić information content (AvgIpc) is 2.39. The number of nitrogens with zero attached hydrogens (tertiary/aromatic N) is 1. The largest absolute Gasteiger partial charge is 0.392 e. The van der Waals surface area contributed by atoms with Gasteiger partial charge in [0.2, 0.25) is 0 Å². The van der Waals surface area contributed by atoms with Crippen molar-refractivity contribution in [2.24, 2.45) is 0 Å². The zero-order valence-corrected chi connectivity index (χ0v) is 10.6. The molecule has 0 spiro atoms. The van der Waals surface area contributed by atoms with Gasteiger partial charge in [-0.25, -0.2) is 0 Å². The van der Waals surface area contributed by atoms with Gasteiger partial charge in [0, 0.05) is 10.0 Å². The van der Waals surface area contributed by atoms with Crippen LogP contribution in [0, 0.1) is 11.3 Å². The molecule has 0 heterocycles. The van der Waals surface area contributed by atoms with E-state index in [4.69, 9.17) is 5.26 Å². The Hall–Kier alpha value is -1.63. The standard InChI is InChI=1S/C14H10BrNO/c15-14-11(9-17)5-3-7-13(14)12-6-2-1-4-10(12)8-16/h1-7,17H,9H2. The van der Waals surface area contributed by atoms with Crippen molar-refractivity contribution in [2.75, 3.05) is 0 Å². The molecule has 0 aromatic heterocycles. The summed E-state index contributed by atoms with van der Waals surface area (Å²) in [5.74, 6) is 0. The molecule has 0 aliphatic heterocycles. The lowest BCUT2D eigenvalue weighted by molar-refractivity contribution is 0.281. The predicted octanol–water partition coefficient (Wildman–Crippen LogP) is 3.48. The maximum Gasteiger partial charge on any atom is 0.0998 e. The van der Waals surface area contributed by atoms with Crippen molar-refractivity contribution >= 4 is 15.9 Å². The number of nitriles is 1. The van der Waals surface area contributed by atoms with Crippen LogP contribution in [0.15, 0.2) is 46.9 Å². The summed E-state index contributed by atoms with van der Waals surface area (Å²) >= 11 is 3.47. The third-order valence-electron chi connectivity index (χ3n) is 2.59. The van der Waals surface area contributed by atoms with E-state index >= 15 is 0 Å². The summed E-state index contributed by atoms with van der Waals surface area (Å²) in [5, 5.41) is 18.3. The Morgan fingerprint density at radius 3 is 2.47 bits per heavy atom. The number of benzene rings is 2. The van der Waals surface area contributed by atoms with Crippen LogP contribution in [0.25, 0.3) is 11.1 Å². The lowest BCUT2D eigenvalue weighted by atomic mass is 9.99. The third-order valence-corrected chi connectivity index (χ3v) is 3.52. The molecule has 84 valence electrons. The molecule has 0 radical (unpaired) electrons. The van der Waals surface area contributed by atoms with Gasteiger partial charge in [0.15, 0.2) is 0 Å². The van der Waals surface area contributed by atoms with Crippen LogP contribution in [0.1, 0.15) is 11.1 Å². The molecule has 2 nitrogen and oxygen atoms in total. The van der Waals surface area contributed by atoms with E-state index in [1.165, 1.54) is 0 Å². The molecule has 0 fully saturated rings. The van der Waals surface area contributed by atoms with Gasteiger partial charge in [-0.15, -0.1) is 0 Å². The number of hydrogen-bond acceptors (Lipinski definition) is 2. The molecule has 2 rings (SSSR count). The molecule has 2 aromatic carbocycles. The van der Waals surface area contributed by atoms with E-state index < -0.39 is 0 Å². The number of hydrogen-bond donors (Lipinski definition) is 1. The van der Waals surface area contributed by atoms with E-state index in [-0.39, 0.29) is 6.61 Å². The van der Waals surface area contributed by atoms with Crippen molar-refractivity contribution in [3.05, 3.63) is 58.1 Å². The lowest BCUT2D eigenvalue weighted by Gasteiger charge is -2.09. The van der Waals surface area contributed by atoms with E-state index in [9.17, 15) is 5.11 Å². The third kappa shape index (κ3) is 2.23. The zero-order valence-electron chi connectivity index (χ0n) is 9.02. The summed E-state index contributed by atoms with van der Waals surface area (Å²) in [4.78, 5) is 0. The summed E-state index contributed by atoms with van der Waals surface area (Å²) < 4.78 is 0.838. The smallest absolute Gasteiger partial charge is 0.0998 e. The molecule has 0 saturated carbocycles. The average molecular weight is 288 g/mol. The fraction of sp³-hybridized carbons (Fsp3) is 0.0714. The number of aliphatic hydroxyl groups excluding tert-OH is 1. The second-order valence-corrected chi connectivity index (χ2v) is 4.39. The normalized spacial score (nSPS) is 9.94. The predicted molar refractivity (Wildman–Crippen MR) is 70.2 cm³/mol. The molecule has 1 N–H and O–H groups in total. The summed E-state index contributed by atoms with van der Waals surface area (Å²) in [7, 11) is 0. The van der Waals surface area contributed by atoms with Crippen molar-refractivity contribution in [2.45, 2.75) is 6.61 Å². The van der Waals surface area contributed by atoms with E-state index in [0.29, 0.717) is 5.56 Å². The van der Waals surface area contributed by atoms with Crippen LogP contribution in [0.2, 0.25) is 0 Å². The van der Waals surface area contributed by atoms with Gasteiger partial charge < -0.3 is 5.11 Å². The molecule has 0 aliphatic rings. The summed E-state index contributed by atoms with van der Waals surface area (Å²) in [6.07, 6.45) is 0. The minimum absolute atomic E-state index is 0.0247. The van der Waals surface area contributed by atoms with Gasteiger partial charge in [-0.1, -0.05) is 36.4 Å². The Bertz CT molecular complexity index is 587. The minimum Gasteiger partial charge on any atom is -0.392 e. The monoisotopic (exact) mass is 287 g/mol. The number of rotatable bonds is 2. The van der Waals surface area contributed by atoms with Crippen molar-refractivity contribution in [3.8, 4) is 17.2 Å². The molecule has 0 saturated heterocycles. The van der Waals surface area contributed by atoms with Gasteiger partial charge in [-0.3, -0.25) is 0 Å². The highest BCUT2D eigenvalue weighted by molar-refractivity contribution is 9.10. The molecular weight excluding hydrogens is 278 g/mol. The van der Waals surface area contributed by atoms with E-state index in [0.717, 1.165) is 21.2 Å². The first-order valence-corrected chi connectivity index (χ1v) is 5.95. The topological polar surface area (TPSA) is 44.0 Å². The van der Waals surface area contributed by atoms with Crippen molar-refractivity contribution < 1.29 is 5.11 Å². The Kier molecular flexibility index (Phi) is 3.58. The zero-order chi connectivity index (χ0) is 12.3. The highest BCUT2D eigenvalue weighted by atomic mass is 79.9. The molecule has 0 atom stereocenters. The molecule has 0 bridgehead atoms. The van der Waals surface area contributed by atoms with Crippen LogP contribution in [-0.2, 0) is 6.61 Å². The summed E-state index contributed by atoms with van der Waals surface area (Å²) in [5.41, 5.74) is 3.24. The molecule has 3 heteroatoms. The number of halogens is 1. The first kappa shape index (κ1) is 11.8. The SMILES string of the molecule is N#Cc1ccccc1-c1cccc(CO)c1Br. The molecule has 0 unspecified atom stereocenters. The van der Waals surface area contributed by atoms with Gasteiger partial charge in [0.25, 0.3) is 0 Å². The molecule has 17 heavy (non-hydrogen) atoms. The maximum atomic E-state index is 9.22. The second kappa shape index (κ2) is 5.13. The molecule has 2 aromatic rings. The first-order chi connectivity index (χ1) is 8.27. The summed E-state index contributed by atoms with van der Waals surface area (Å²) in [6.45, 7) is -0.0247. The van der Waals surface area contributed by atoms with Crippen LogP contribution in [0.5, 0.6) is 0 Å². The van der Waals surface area contributed by atoms with E-state index in [1.54, 1.807) is 6.07 Å². The van der Waals surface area contributed by atoms with Crippen LogP contribution in [0.4, 0.5) is 0 Å². The van der Waals surface area contributed by atoms with E-state index in [1.807, 2.05) is 36.4 Å². The van der Waals surface area contributed by atoms with Gasteiger partial charge in [-0.2, -0.15) is 5.26 Å². The highest BCUT2D eigenvalue weighted by Gasteiger charge is 2.10. The van der Waals surface area contributed by atoms with Crippen molar-refractivity contribution in [3.63, 3.8) is 0 Å². The minimum atomic E-state index is -0.0247. The highest BCUT2D eigenvalue weighted by Crippen LogP contribution is 2.32. The van der Waals surface area contributed by atoms with Crippen molar-refractivity contribution in [1.29, 1.82) is 5.26 Å². The Balaban J connectivity index is 2.65. The van der Waals surface area contributed by atoms with Crippen molar-refractivity contribution in [1.82, 2.24) is 0 Å². The maximum absolute atomic E-state index is 9.22. The molecule has 0 amide bonds. The van der Waals surface area contributed by atoms with Crippen LogP contribution < -0.4 is 0 Å². The fourth-order valence-corrected chi connectivity index (χ4v) is 2.33. The first-order valence-electron chi connectivity index (χ1n) is 5.15. The fourth-order valence-electron chi connectivity index (χ4n) is 1.73. The van der Waals surface area contributed by atoms with Crippen LogP contribution in [0.3, 0.4) is 0 Å². The van der Waals surface area contributed by atoms with Gasteiger partial charge >= 0.3 is 0 Å². The quantitative estimate of drug-likeness (QED) is 0.919. The van der Waals surface area contributed by atoms with Gasteiger partial charge in [0.05, 0.1) is 18.2 Å². The Morgan fingerprint density at radius 1 is 1.06 bits per heavy atom. The van der Waals surface area contributed by atoms with Gasteiger partial charge in [-0.05, 0) is 33.1 Å². The van der Waals surface area contributed by atoms with Crippen LogP contribution in [-0.4, -0.2) is 5.11 Å². The molecular formula is C14H10BrNO. The van der Waals surface area contributed by atoms with Crippen LogP contribution >= 0.6 is 15.9 Å². The second-order valence-electron chi connectivity index (χ2n) is 3.59. The Morgan fingerprint density at radius 2 is 1.76 bits per heavy atom. The van der Waals surface area contributed by atoms with Gasteiger partial charge in [0.1, 0.15) is 0 Å². The lowest BCUT2D eigenvalue weighted by Crippen LogP contribution is -1.90. The Labute approximate surface area is 108 Å². The molecule has 0 aliphatic carbocycles. The number of aliphatic hydroxyl groups is 1.